The van der Waals surface area contributed by atoms with Gasteiger partial charge in [0.2, 0.25) is 0 Å². The number of carbonyl (C=O) groups excluding carboxylic acids is 2. The second-order valence-electron chi connectivity index (χ2n) is 14.9. The van der Waals surface area contributed by atoms with Gasteiger partial charge in [-0.3, -0.25) is 9.69 Å². The van der Waals surface area contributed by atoms with E-state index in [0.717, 1.165) is 24.2 Å². The number of rotatable bonds is 5. The number of ether oxygens (including phenoxy) is 6. The van der Waals surface area contributed by atoms with Crippen LogP contribution in [0.5, 0.6) is 0 Å². The van der Waals surface area contributed by atoms with E-state index in [9.17, 15) is 19.8 Å². The van der Waals surface area contributed by atoms with E-state index in [1.165, 1.54) is 6.92 Å². The third kappa shape index (κ3) is 4.72. The average Bonchev–Trinajstić information content (AvgIpc) is 3.42. The zero-order chi connectivity index (χ0) is 32.6. The molecule has 3 aliphatic carbocycles. The number of hydrogen-bond acceptors (Lipinski definition) is 11. The number of fused-ring (bicyclic) bond motifs is 8. The number of hydrogen-bond donors (Lipinski definition) is 2. The van der Waals surface area contributed by atoms with Crippen molar-refractivity contribution in [3.8, 4) is 0 Å². The fourth-order valence-corrected chi connectivity index (χ4v) is 9.65. The van der Waals surface area contributed by atoms with Crippen LogP contribution in [0.15, 0.2) is 41.5 Å². The van der Waals surface area contributed by atoms with Gasteiger partial charge in [0.05, 0.1) is 43.5 Å². The molecule has 6 aliphatic rings. The summed E-state index contributed by atoms with van der Waals surface area (Å²) in [5.74, 6) is -1.84. The van der Waals surface area contributed by atoms with E-state index in [1.54, 1.807) is 24.3 Å². The Labute approximate surface area is 270 Å². The SMILES string of the molecule is CC(=O)O[C@@]12CO[C@@H]1CC[C@]1(C)C2[C@H](OC(=O)c2ccccc2)[C@]2(O)C[C@H](O)C(C)=C([C@H]3O[C@@H](CN4CCOCC4)O[C@H]31)C2(C)C. The number of carbonyl (C=O) groups is 2. The van der Waals surface area contributed by atoms with E-state index in [2.05, 4.69) is 11.8 Å². The molecule has 2 saturated carbocycles. The van der Waals surface area contributed by atoms with Crippen LogP contribution >= 0.6 is 0 Å². The molecule has 5 fully saturated rings. The zero-order valence-electron chi connectivity index (χ0n) is 27.4. The maximum absolute atomic E-state index is 14.0. The van der Waals surface area contributed by atoms with Crippen molar-refractivity contribution < 1.29 is 48.2 Å². The highest BCUT2D eigenvalue weighted by atomic mass is 16.7. The van der Waals surface area contributed by atoms with Crippen molar-refractivity contribution in [3.63, 3.8) is 0 Å². The molecule has 0 radical (unpaired) electrons. The van der Waals surface area contributed by atoms with Crippen LogP contribution in [0, 0.1) is 16.7 Å². The van der Waals surface area contributed by atoms with Gasteiger partial charge in [0, 0.05) is 43.8 Å². The van der Waals surface area contributed by atoms with Gasteiger partial charge in [-0.15, -0.1) is 0 Å². The van der Waals surface area contributed by atoms with Crippen LogP contribution in [0.25, 0.3) is 0 Å². The Bertz CT molecular complexity index is 1390. The van der Waals surface area contributed by atoms with Crippen molar-refractivity contribution in [3.05, 3.63) is 47.0 Å². The normalized spacial score (nSPS) is 43.2. The summed E-state index contributed by atoms with van der Waals surface area (Å²) in [5.41, 5.74) is -3.00. The molecular weight excluding hydrogens is 594 g/mol. The molecule has 1 aromatic carbocycles. The Kier molecular flexibility index (Phi) is 7.95. The lowest BCUT2D eigenvalue weighted by atomic mass is 9.45. The Hall–Kier alpha value is -2.38. The summed E-state index contributed by atoms with van der Waals surface area (Å²) in [5, 5.41) is 24.8. The molecular formula is C35H47NO10. The minimum atomic E-state index is -1.78. The van der Waals surface area contributed by atoms with Crippen molar-refractivity contribution in [2.75, 3.05) is 39.5 Å². The largest absolute Gasteiger partial charge is 0.455 e. The minimum absolute atomic E-state index is 0.0776. The highest BCUT2D eigenvalue weighted by Crippen LogP contribution is 2.66. The van der Waals surface area contributed by atoms with Crippen molar-refractivity contribution in [1.29, 1.82) is 0 Å². The van der Waals surface area contributed by atoms with Gasteiger partial charge in [-0.25, -0.2) is 4.79 Å². The Morgan fingerprint density at radius 1 is 1.09 bits per heavy atom. The van der Waals surface area contributed by atoms with Crippen LogP contribution in [-0.4, -0.2) is 115 Å². The molecule has 0 spiro atoms. The van der Waals surface area contributed by atoms with E-state index in [1.807, 2.05) is 26.8 Å². The quantitative estimate of drug-likeness (QED) is 0.363. The van der Waals surface area contributed by atoms with Gasteiger partial charge in [-0.2, -0.15) is 0 Å². The smallest absolute Gasteiger partial charge is 0.338 e. The Morgan fingerprint density at radius 2 is 1.80 bits per heavy atom. The van der Waals surface area contributed by atoms with Gasteiger partial charge in [0.1, 0.15) is 23.9 Å². The first-order valence-corrected chi connectivity index (χ1v) is 16.6. The lowest BCUT2D eigenvalue weighted by molar-refractivity contribution is -0.345. The van der Waals surface area contributed by atoms with Crippen LogP contribution in [-0.2, 0) is 33.2 Å². The van der Waals surface area contributed by atoms with E-state index >= 15 is 0 Å². The van der Waals surface area contributed by atoms with Gasteiger partial charge >= 0.3 is 11.9 Å². The molecule has 1 aromatic rings. The van der Waals surface area contributed by atoms with E-state index < -0.39 is 76.7 Å². The van der Waals surface area contributed by atoms with E-state index in [0.29, 0.717) is 38.2 Å². The molecule has 3 heterocycles. The van der Waals surface area contributed by atoms with Gasteiger partial charge in [0.15, 0.2) is 11.9 Å². The number of morpholine rings is 1. The summed E-state index contributed by atoms with van der Waals surface area (Å²) in [6.45, 7) is 12.6. The molecule has 0 aromatic heterocycles. The Morgan fingerprint density at radius 3 is 2.46 bits per heavy atom. The number of nitrogens with zero attached hydrogens (tertiary/aromatic N) is 1. The van der Waals surface area contributed by atoms with Gasteiger partial charge in [-0.1, -0.05) is 39.0 Å². The first-order valence-electron chi connectivity index (χ1n) is 16.6. The van der Waals surface area contributed by atoms with Crippen molar-refractivity contribution >= 4 is 11.9 Å². The summed E-state index contributed by atoms with van der Waals surface area (Å²) in [6.07, 6.45) is -3.33. The molecule has 11 heteroatoms. The molecule has 0 amide bonds. The molecule has 46 heavy (non-hydrogen) atoms. The molecule has 1 unspecified atom stereocenters. The number of benzene rings is 1. The molecule has 252 valence electrons. The standard InChI is InChI=1S/C35H47NO10/c1-20-23(38)17-35(40)30(45-31(39)22-9-7-6-8-10-22)28-33(5,12-11-24-34(28,19-42-24)46-21(2)37)29-27(26(20)32(35,3)4)43-25(44-29)18-36-13-15-41-16-14-36/h6-10,23-25,27-30,38,40H,11-19H2,1-5H3/t23-,24+,25+,27+,28?,29+,30-,33+,34-,35+/m0/s1. The maximum Gasteiger partial charge on any atom is 0.338 e. The monoisotopic (exact) mass is 641 g/mol. The molecule has 3 aliphatic heterocycles. The fourth-order valence-electron chi connectivity index (χ4n) is 9.65. The highest BCUT2D eigenvalue weighted by Gasteiger charge is 2.77. The molecule has 2 bridgehead atoms. The predicted octanol–water partition coefficient (Wildman–Crippen LogP) is 2.62. The third-order valence-electron chi connectivity index (χ3n) is 12.1. The summed E-state index contributed by atoms with van der Waals surface area (Å²) < 4.78 is 38.2. The number of aliphatic hydroxyl groups excluding tert-OH is 1. The molecule has 2 N–H and O–H groups in total. The van der Waals surface area contributed by atoms with Crippen molar-refractivity contribution in [2.45, 2.75) is 102 Å². The number of esters is 2. The number of aliphatic hydroxyl groups is 2. The van der Waals surface area contributed by atoms with E-state index in [4.69, 9.17) is 28.4 Å². The summed E-state index contributed by atoms with van der Waals surface area (Å²) >= 11 is 0. The summed E-state index contributed by atoms with van der Waals surface area (Å²) in [6, 6.07) is 8.67. The minimum Gasteiger partial charge on any atom is -0.455 e. The molecule has 7 rings (SSSR count). The van der Waals surface area contributed by atoms with Crippen LogP contribution < -0.4 is 0 Å². The van der Waals surface area contributed by atoms with Crippen LogP contribution in [0.4, 0.5) is 0 Å². The lowest BCUT2D eigenvalue weighted by Crippen LogP contribution is -2.79. The second-order valence-corrected chi connectivity index (χ2v) is 14.9. The molecule has 11 nitrogen and oxygen atoms in total. The highest BCUT2D eigenvalue weighted by molar-refractivity contribution is 5.89. The van der Waals surface area contributed by atoms with E-state index in [-0.39, 0.29) is 13.0 Å². The van der Waals surface area contributed by atoms with Crippen LogP contribution in [0.3, 0.4) is 0 Å². The second kappa shape index (κ2) is 11.4. The molecule has 10 atom stereocenters. The van der Waals surface area contributed by atoms with Crippen LogP contribution in [0.1, 0.15) is 64.2 Å². The van der Waals surface area contributed by atoms with Crippen molar-refractivity contribution in [1.82, 2.24) is 4.90 Å². The summed E-state index contributed by atoms with van der Waals surface area (Å²) in [4.78, 5) is 29.1. The fraction of sp³-hybridized carbons (Fsp3) is 0.714. The van der Waals surface area contributed by atoms with Crippen LogP contribution in [0.2, 0.25) is 0 Å². The zero-order valence-corrected chi connectivity index (χ0v) is 27.4. The average molecular weight is 642 g/mol. The first kappa shape index (κ1) is 32.2. The van der Waals surface area contributed by atoms with Crippen molar-refractivity contribution in [2.24, 2.45) is 16.7 Å². The van der Waals surface area contributed by atoms with Gasteiger partial charge < -0.3 is 38.6 Å². The maximum atomic E-state index is 14.0. The topological polar surface area (TPSA) is 133 Å². The summed E-state index contributed by atoms with van der Waals surface area (Å²) in [7, 11) is 0. The Balaban J connectivity index is 1.41. The van der Waals surface area contributed by atoms with Gasteiger partial charge in [0.25, 0.3) is 0 Å². The predicted molar refractivity (Wildman–Crippen MR) is 164 cm³/mol. The van der Waals surface area contributed by atoms with Gasteiger partial charge in [-0.05, 0) is 43.0 Å². The third-order valence-corrected chi connectivity index (χ3v) is 12.1. The molecule has 3 saturated heterocycles. The lowest BCUT2D eigenvalue weighted by Gasteiger charge is -2.68. The first-order chi connectivity index (χ1) is 21.8.